The number of fused-ring (bicyclic) bond motifs is 2. The summed E-state index contributed by atoms with van der Waals surface area (Å²) in [6, 6.07) is 6.70. The van der Waals surface area contributed by atoms with E-state index in [1.807, 2.05) is 0 Å². The van der Waals surface area contributed by atoms with Gasteiger partial charge in [0.25, 0.3) is 0 Å². The second-order valence-corrected chi connectivity index (χ2v) is 5.54. The maximum absolute atomic E-state index is 11.9. The highest BCUT2D eigenvalue weighted by molar-refractivity contribution is 5.85. The summed E-state index contributed by atoms with van der Waals surface area (Å²) in [7, 11) is 0. The molecule has 0 unspecified atom stereocenters. The van der Waals surface area contributed by atoms with E-state index in [4.69, 9.17) is 0 Å². The second kappa shape index (κ2) is 3.44. The molecule has 84 valence electrons. The molecule has 2 aliphatic carbocycles. The van der Waals surface area contributed by atoms with Crippen LogP contribution in [0, 0.1) is 6.92 Å². The van der Waals surface area contributed by atoms with E-state index in [1.54, 1.807) is 0 Å². The van der Waals surface area contributed by atoms with Crippen LogP contribution in [0.1, 0.15) is 48.8 Å². The predicted octanol–water partition coefficient (Wildman–Crippen LogP) is 3.32. The Kier molecular flexibility index (Phi) is 2.17. The van der Waals surface area contributed by atoms with Crippen LogP contribution in [0.15, 0.2) is 18.2 Å². The zero-order chi connectivity index (χ0) is 11.2. The van der Waals surface area contributed by atoms with Crippen LogP contribution in [0.2, 0.25) is 0 Å². The highest BCUT2D eigenvalue weighted by Crippen LogP contribution is 2.47. The highest BCUT2D eigenvalue weighted by Gasteiger charge is 2.41. The Morgan fingerprint density at radius 1 is 1.19 bits per heavy atom. The molecule has 1 nitrogen and oxygen atoms in total. The van der Waals surface area contributed by atoms with Gasteiger partial charge in [0.1, 0.15) is 5.78 Å². The number of ketones is 1. The summed E-state index contributed by atoms with van der Waals surface area (Å²) < 4.78 is 0. The van der Waals surface area contributed by atoms with Crippen molar-refractivity contribution < 1.29 is 4.79 Å². The SMILES string of the molecule is Cc1ccc2c(c1)CC(=O)CC21CCCC1. The predicted molar refractivity (Wildman–Crippen MR) is 64.7 cm³/mol. The molecule has 1 fully saturated rings. The quantitative estimate of drug-likeness (QED) is 0.647. The van der Waals surface area contributed by atoms with Gasteiger partial charge in [0.15, 0.2) is 0 Å². The smallest absolute Gasteiger partial charge is 0.138 e. The van der Waals surface area contributed by atoms with Gasteiger partial charge in [-0.25, -0.2) is 0 Å². The van der Waals surface area contributed by atoms with Gasteiger partial charge >= 0.3 is 0 Å². The molecule has 0 aromatic heterocycles. The number of aryl methyl sites for hydroxylation is 1. The van der Waals surface area contributed by atoms with Crippen LogP contribution in [0.4, 0.5) is 0 Å². The molecule has 0 radical (unpaired) electrons. The largest absolute Gasteiger partial charge is 0.299 e. The van der Waals surface area contributed by atoms with Gasteiger partial charge < -0.3 is 0 Å². The number of Topliss-reactive ketones (excluding diaryl/α,β-unsaturated/α-hetero) is 1. The summed E-state index contributed by atoms with van der Waals surface area (Å²) in [5.41, 5.74) is 4.29. The molecule has 0 heterocycles. The van der Waals surface area contributed by atoms with Gasteiger partial charge in [-0.1, -0.05) is 36.6 Å². The third-order valence-corrected chi connectivity index (χ3v) is 4.32. The first-order valence-electron chi connectivity index (χ1n) is 6.31. The van der Waals surface area contributed by atoms with Crippen molar-refractivity contribution in [2.45, 2.75) is 50.9 Å². The molecule has 0 N–H and O–H groups in total. The molecular formula is C15H18O. The monoisotopic (exact) mass is 214 g/mol. The zero-order valence-corrected chi connectivity index (χ0v) is 9.88. The number of carbonyl (C=O) groups is 1. The van der Waals surface area contributed by atoms with E-state index in [1.165, 1.54) is 42.4 Å². The van der Waals surface area contributed by atoms with Crippen molar-refractivity contribution in [3.05, 3.63) is 34.9 Å². The molecule has 0 amide bonds. The lowest BCUT2D eigenvalue weighted by Crippen LogP contribution is -2.32. The average Bonchev–Trinajstić information content (AvgIpc) is 2.65. The summed E-state index contributed by atoms with van der Waals surface area (Å²) in [4.78, 5) is 11.9. The normalized spacial score (nSPS) is 22.4. The summed E-state index contributed by atoms with van der Waals surface area (Å²) in [5.74, 6) is 0.444. The highest BCUT2D eigenvalue weighted by atomic mass is 16.1. The van der Waals surface area contributed by atoms with E-state index in [0.717, 1.165) is 6.42 Å². The van der Waals surface area contributed by atoms with Gasteiger partial charge in [0.05, 0.1) is 0 Å². The van der Waals surface area contributed by atoms with Crippen LogP contribution in [-0.4, -0.2) is 5.78 Å². The van der Waals surface area contributed by atoms with Gasteiger partial charge in [0.2, 0.25) is 0 Å². The van der Waals surface area contributed by atoms with Crippen LogP contribution in [0.25, 0.3) is 0 Å². The second-order valence-electron chi connectivity index (χ2n) is 5.54. The van der Waals surface area contributed by atoms with Gasteiger partial charge in [-0.15, -0.1) is 0 Å². The molecule has 1 heteroatoms. The van der Waals surface area contributed by atoms with Crippen LogP contribution < -0.4 is 0 Å². The first-order valence-corrected chi connectivity index (χ1v) is 6.31. The molecule has 3 rings (SSSR count). The fourth-order valence-electron chi connectivity index (χ4n) is 3.63. The topological polar surface area (TPSA) is 17.1 Å². The van der Waals surface area contributed by atoms with E-state index < -0.39 is 0 Å². The minimum absolute atomic E-state index is 0.221. The summed E-state index contributed by atoms with van der Waals surface area (Å²) in [6.45, 7) is 2.11. The Balaban J connectivity index is 2.14. The first kappa shape index (κ1) is 10.1. The Bertz CT molecular complexity index is 439. The summed E-state index contributed by atoms with van der Waals surface area (Å²) in [6.07, 6.45) is 6.48. The Morgan fingerprint density at radius 2 is 1.94 bits per heavy atom. The summed E-state index contributed by atoms with van der Waals surface area (Å²) in [5, 5.41) is 0. The lowest BCUT2D eigenvalue weighted by molar-refractivity contribution is -0.120. The van der Waals surface area contributed by atoms with E-state index in [0.29, 0.717) is 12.2 Å². The molecule has 1 aromatic carbocycles. The minimum atomic E-state index is 0.221. The maximum Gasteiger partial charge on any atom is 0.138 e. The standard InChI is InChI=1S/C15H18O/c1-11-4-5-14-12(8-11)9-13(16)10-15(14)6-2-3-7-15/h4-5,8H,2-3,6-7,9-10H2,1H3. The fourth-order valence-corrected chi connectivity index (χ4v) is 3.63. The molecule has 0 aliphatic heterocycles. The number of hydrogen-bond acceptors (Lipinski definition) is 1. The lowest BCUT2D eigenvalue weighted by Gasteiger charge is -2.35. The third kappa shape index (κ3) is 1.41. The Labute approximate surface area is 96.9 Å². The van der Waals surface area contributed by atoms with Crippen LogP contribution in [-0.2, 0) is 16.6 Å². The van der Waals surface area contributed by atoms with Crippen molar-refractivity contribution in [3.8, 4) is 0 Å². The van der Waals surface area contributed by atoms with E-state index in [2.05, 4.69) is 25.1 Å². The van der Waals surface area contributed by atoms with Gasteiger partial charge in [-0.2, -0.15) is 0 Å². The molecule has 1 aromatic rings. The molecular weight excluding hydrogens is 196 g/mol. The van der Waals surface area contributed by atoms with Gasteiger partial charge in [0, 0.05) is 18.3 Å². The first-order chi connectivity index (χ1) is 7.70. The van der Waals surface area contributed by atoms with Crippen molar-refractivity contribution in [2.75, 3.05) is 0 Å². The number of carbonyl (C=O) groups excluding carboxylic acids is 1. The summed E-state index contributed by atoms with van der Waals surface area (Å²) >= 11 is 0. The number of hydrogen-bond donors (Lipinski definition) is 0. The molecule has 1 spiro atoms. The number of rotatable bonds is 0. The van der Waals surface area contributed by atoms with Crippen LogP contribution >= 0.6 is 0 Å². The molecule has 0 saturated heterocycles. The maximum atomic E-state index is 11.9. The molecule has 0 atom stereocenters. The minimum Gasteiger partial charge on any atom is -0.299 e. The lowest BCUT2D eigenvalue weighted by atomic mass is 9.68. The van der Waals surface area contributed by atoms with Crippen molar-refractivity contribution in [1.82, 2.24) is 0 Å². The van der Waals surface area contributed by atoms with Crippen LogP contribution in [0.3, 0.4) is 0 Å². The van der Waals surface area contributed by atoms with Crippen molar-refractivity contribution >= 4 is 5.78 Å². The molecule has 1 saturated carbocycles. The van der Waals surface area contributed by atoms with E-state index >= 15 is 0 Å². The molecule has 16 heavy (non-hydrogen) atoms. The van der Waals surface area contributed by atoms with Crippen LogP contribution in [0.5, 0.6) is 0 Å². The van der Waals surface area contributed by atoms with Crippen molar-refractivity contribution in [2.24, 2.45) is 0 Å². The number of benzene rings is 1. The molecule has 0 bridgehead atoms. The fraction of sp³-hybridized carbons (Fsp3) is 0.533. The Morgan fingerprint density at radius 3 is 2.69 bits per heavy atom. The average molecular weight is 214 g/mol. The van der Waals surface area contributed by atoms with Crippen molar-refractivity contribution in [3.63, 3.8) is 0 Å². The van der Waals surface area contributed by atoms with Gasteiger partial charge in [-0.3, -0.25) is 4.79 Å². The van der Waals surface area contributed by atoms with E-state index in [9.17, 15) is 4.79 Å². The van der Waals surface area contributed by atoms with Crippen molar-refractivity contribution in [1.29, 1.82) is 0 Å². The van der Waals surface area contributed by atoms with E-state index in [-0.39, 0.29) is 5.41 Å². The Hall–Kier alpha value is -1.11. The molecule has 2 aliphatic rings. The zero-order valence-electron chi connectivity index (χ0n) is 9.88. The van der Waals surface area contributed by atoms with Gasteiger partial charge in [-0.05, 0) is 30.9 Å². The third-order valence-electron chi connectivity index (χ3n) is 4.32.